The molecule has 2 aromatic carbocycles. The summed E-state index contributed by atoms with van der Waals surface area (Å²) in [7, 11) is 0. The van der Waals surface area contributed by atoms with Gasteiger partial charge < -0.3 is 9.73 Å². The van der Waals surface area contributed by atoms with Crippen LogP contribution in [0, 0.1) is 6.92 Å². The Morgan fingerprint density at radius 3 is 2.74 bits per heavy atom. The van der Waals surface area contributed by atoms with E-state index in [4.69, 9.17) is 27.6 Å². The molecule has 118 valence electrons. The minimum atomic E-state index is -0.138. The number of aryl methyl sites for hydroxylation is 1. The molecule has 1 heterocycles. The monoisotopic (exact) mass is 366 g/mol. The first kappa shape index (κ1) is 16.2. The number of carbonyl (C=O) groups is 1. The number of carbonyl (C=O) groups excluding carboxylic acids is 1. The number of halogens is 2. The van der Waals surface area contributed by atoms with Gasteiger partial charge in [-0.25, -0.2) is 4.98 Å². The molecule has 23 heavy (non-hydrogen) atoms. The van der Waals surface area contributed by atoms with Crippen molar-refractivity contribution in [3.8, 4) is 0 Å². The quantitative estimate of drug-likeness (QED) is 0.646. The smallest absolute Gasteiger partial charge is 0.257 e. The predicted molar refractivity (Wildman–Crippen MR) is 94.6 cm³/mol. The number of hydrogen-bond acceptors (Lipinski definition) is 4. The van der Waals surface area contributed by atoms with Gasteiger partial charge in [-0.2, -0.15) is 0 Å². The number of oxazole rings is 1. The second-order valence-electron chi connectivity index (χ2n) is 4.89. The van der Waals surface area contributed by atoms with Crippen LogP contribution in [0.1, 0.15) is 5.56 Å². The summed E-state index contributed by atoms with van der Waals surface area (Å²) in [5, 5.41) is 4.50. The van der Waals surface area contributed by atoms with Gasteiger partial charge in [-0.05, 0) is 42.8 Å². The topological polar surface area (TPSA) is 55.1 Å². The Hall–Kier alpha value is -1.69. The summed E-state index contributed by atoms with van der Waals surface area (Å²) in [5.41, 5.74) is 2.97. The van der Waals surface area contributed by atoms with Gasteiger partial charge in [0.05, 0.1) is 5.75 Å². The molecule has 3 rings (SSSR count). The molecular formula is C16H12Cl2N2O2S. The Kier molecular flexibility index (Phi) is 4.80. The van der Waals surface area contributed by atoms with Crippen LogP contribution in [0.3, 0.4) is 0 Å². The maximum atomic E-state index is 12.0. The molecule has 0 radical (unpaired) electrons. The average molecular weight is 367 g/mol. The number of nitrogens with zero attached hydrogens (tertiary/aromatic N) is 1. The normalized spacial score (nSPS) is 10.9. The van der Waals surface area contributed by atoms with Gasteiger partial charge in [0.2, 0.25) is 5.91 Å². The van der Waals surface area contributed by atoms with Crippen LogP contribution >= 0.6 is 35.0 Å². The minimum Gasteiger partial charge on any atom is -0.431 e. The number of thioether (sulfide) groups is 1. The van der Waals surface area contributed by atoms with Crippen molar-refractivity contribution in [1.82, 2.24) is 4.98 Å². The lowest BCUT2D eigenvalue weighted by Crippen LogP contribution is -2.14. The molecule has 1 aromatic heterocycles. The molecule has 3 aromatic rings. The highest BCUT2D eigenvalue weighted by atomic mass is 35.5. The largest absolute Gasteiger partial charge is 0.431 e. The van der Waals surface area contributed by atoms with Crippen molar-refractivity contribution in [1.29, 1.82) is 0 Å². The molecule has 0 saturated carbocycles. The van der Waals surface area contributed by atoms with Crippen LogP contribution in [0.4, 0.5) is 5.69 Å². The summed E-state index contributed by atoms with van der Waals surface area (Å²) in [6.45, 7) is 1.89. The fourth-order valence-corrected chi connectivity index (χ4v) is 3.05. The Bertz CT molecular complexity index is 880. The molecule has 0 atom stereocenters. The van der Waals surface area contributed by atoms with E-state index in [0.29, 0.717) is 26.4 Å². The van der Waals surface area contributed by atoms with Crippen molar-refractivity contribution < 1.29 is 9.21 Å². The van der Waals surface area contributed by atoms with Crippen molar-refractivity contribution in [2.75, 3.05) is 11.1 Å². The number of hydrogen-bond donors (Lipinski definition) is 1. The summed E-state index contributed by atoms with van der Waals surface area (Å²) in [6.07, 6.45) is 0. The zero-order chi connectivity index (χ0) is 16.4. The number of fused-ring (bicyclic) bond motifs is 1. The number of benzene rings is 2. The Morgan fingerprint density at radius 1 is 1.22 bits per heavy atom. The second-order valence-corrected chi connectivity index (χ2v) is 6.69. The fraction of sp³-hybridized carbons (Fsp3) is 0.125. The standard InChI is InChI=1S/C16H12Cl2N2O2S/c1-9-6-10(17)2-4-12(9)19-15(21)8-23-16-20-13-5-3-11(18)7-14(13)22-16/h2-7H,8H2,1H3,(H,19,21). The molecule has 0 spiro atoms. The first-order valence-corrected chi connectivity index (χ1v) is 8.50. The third-order valence-electron chi connectivity index (χ3n) is 3.12. The average Bonchev–Trinajstić information content (AvgIpc) is 2.90. The predicted octanol–water partition coefficient (Wildman–Crippen LogP) is 5.17. The van der Waals surface area contributed by atoms with E-state index in [1.54, 1.807) is 36.4 Å². The SMILES string of the molecule is Cc1cc(Cl)ccc1NC(=O)CSc1nc2ccc(Cl)cc2o1. The number of amides is 1. The summed E-state index contributed by atoms with van der Waals surface area (Å²) < 4.78 is 5.56. The van der Waals surface area contributed by atoms with Gasteiger partial charge >= 0.3 is 0 Å². The van der Waals surface area contributed by atoms with Crippen LogP contribution in [0.15, 0.2) is 46.0 Å². The van der Waals surface area contributed by atoms with E-state index in [1.165, 1.54) is 11.8 Å². The van der Waals surface area contributed by atoms with Gasteiger partial charge in [-0.1, -0.05) is 35.0 Å². The fourth-order valence-electron chi connectivity index (χ4n) is 2.02. The molecule has 0 unspecified atom stereocenters. The highest BCUT2D eigenvalue weighted by Gasteiger charge is 2.11. The van der Waals surface area contributed by atoms with Gasteiger partial charge in [0, 0.05) is 21.8 Å². The molecule has 4 nitrogen and oxygen atoms in total. The molecule has 0 saturated heterocycles. The number of rotatable bonds is 4. The van der Waals surface area contributed by atoms with Crippen molar-refractivity contribution in [3.05, 3.63) is 52.0 Å². The molecular weight excluding hydrogens is 355 g/mol. The van der Waals surface area contributed by atoms with Gasteiger partial charge in [0.15, 0.2) is 5.58 Å². The van der Waals surface area contributed by atoms with Crippen LogP contribution in [-0.4, -0.2) is 16.6 Å². The number of aromatic nitrogens is 1. The minimum absolute atomic E-state index is 0.138. The molecule has 0 aliphatic heterocycles. The first-order valence-electron chi connectivity index (χ1n) is 6.76. The van der Waals surface area contributed by atoms with E-state index in [1.807, 2.05) is 6.92 Å². The molecule has 0 aliphatic rings. The van der Waals surface area contributed by atoms with Crippen LogP contribution in [0.5, 0.6) is 0 Å². The van der Waals surface area contributed by atoms with Crippen molar-refractivity contribution in [2.45, 2.75) is 12.1 Å². The maximum absolute atomic E-state index is 12.0. The summed E-state index contributed by atoms with van der Waals surface area (Å²) in [6, 6.07) is 10.5. The van der Waals surface area contributed by atoms with Gasteiger partial charge in [-0.15, -0.1) is 0 Å². The van der Waals surface area contributed by atoms with Crippen LogP contribution in [-0.2, 0) is 4.79 Å². The van der Waals surface area contributed by atoms with Gasteiger partial charge in [0.25, 0.3) is 5.22 Å². The van der Waals surface area contributed by atoms with Crippen molar-refractivity contribution in [3.63, 3.8) is 0 Å². The highest BCUT2D eigenvalue weighted by molar-refractivity contribution is 7.99. The van der Waals surface area contributed by atoms with Crippen molar-refractivity contribution >= 4 is 57.7 Å². The molecule has 0 aliphatic carbocycles. The van der Waals surface area contributed by atoms with E-state index in [9.17, 15) is 4.79 Å². The summed E-state index contributed by atoms with van der Waals surface area (Å²) >= 11 is 13.0. The highest BCUT2D eigenvalue weighted by Crippen LogP contribution is 2.26. The zero-order valence-electron chi connectivity index (χ0n) is 12.1. The molecule has 0 bridgehead atoms. The van der Waals surface area contributed by atoms with E-state index < -0.39 is 0 Å². The van der Waals surface area contributed by atoms with Crippen LogP contribution in [0.2, 0.25) is 10.0 Å². The number of anilines is 1. The lowest BCUT2D eigenvalue weighted by atomic mass is 10.2. The number of nitrogens with one attached hydrogen (secondary N) is 1. The van der Waals surface area contributed by atoms with Crippen LogP contribution < -0.4 is 5.32 Å². The summed E-state index contributed by atoms with van der Waals surface area (Å²) in [4.78, 5) is 16.3. The van der Waals surface area contributed by atoms with Crippen LogP contribution in [0.25, 0.3) is 11.1 Å². The molecule has 0 fully saturated rings. The molecule has 1 amide bonds. The third-order valence-corrected chi connectivity index (χ3v) is 4.42. The molecule has 1 N–H and O–H groups in total. The second kappa shape index (κ2) is 6.83. The zero-order valence-corrected chi connectivity index (χ0v) is 14.4. The molecule has 7 heteroatoms. The lowest BCUT2D eigenvalue weighted by Gasteiger charge is -2.07. The third kappa shape index (κ3) is 3.99. The Balaban J connectivity index is 1.63. The maximum Gasteiger partial charge on any atom is 0.257 e. The van der Waals surface area contributed by atoms with Gasteiger partial charge in [-0.3, -0.25) is 4.79 Å². The van der Waals surface area contributed by atoms with E-state index in [2.05, 4.69) is 10.3 Å². The van der Waals surface area contributed by atoms with E-state index in [-0.39, 0.29) is 11.7 Å². The van der Waals surface area contributed by atoms with E-state index >= 15 is 0 Å². The Labute approximate surface area is 147 Å². The first-order chi connectivity index (χ1) is 11.0. The van der Waals surface area contributed by atoms with E-state index in [0.717, 1.165) is 11.3 Å². The van der Waals surface area contributed by atoms with Crippen molar-refractivity contribution in [2.24, 2.45) is 0 Å². The van der Waals surface area contributed by atoms with Gasteiger partial charge in [0.1, 0.15) is 5.52 Å². The summed E-state index contributed by atoms with van der Waals surface area (Å²) in [5.74, 6) is 0.0588. The lowest BCUT2D eigenvalue weighted by molar-refractivity contribution is -0.113. The Morgan fingerprint density at radius 2 is 1.96 bits per heavy atom.